The molecule has 0 spiro atoms. The third kappa shape index (κ3) is 2.64. The van der Waals surface area contributed by atoms with Gasteiger partial charge in [0, 0.05) is 11.3 Å². The number of nitrogens with one attached hydrogen (secondary N) is 1. The maximum Gasteiger partial charge on any atom is 0.156 e. The van der Waals surface area contributed by atoms with E-state index >= 15 is 0 Å². The molecule has 0 amide bonds. The fourth-order valence-corrected chi connectivity index (χ4v) is 2.74. The molecule has 4 nitrogen and oxygen atoms in total. The van der Waals surface area contributed by atoms with Crippen molar-refractivity contribution >= 4 is 39.9 Å². The van der Waals surface area contributed by atoms with E-state index in [1.807, 2.05) is 25.1 Å². The molecule has 0 aliphatic rings. The van der Waals surface area contributed by atoms with Crippen molar-refractivity contribution in [1.82, 2.24) is 9.97 Å². The number of fused-ring (bicyclic) bond motifs is 1. The minimum atomic E-state index is 0.458. The number of hydrogen-bond acceptors (Lipinski definition) is 3. The fraction of sp³-hybridized carbons (Fsp3) is 0.133. The van der Waals surface area contributed by atoms with E-state index in [-0.39, 0.29) is 0 Å². The number of imidazole rings is 1. The summed E-state index contributed by atoms with van der Waals surface area (Å²) in [6, 6.07) is 9.07. The van der Waals surface area contributed by atoms with Crippen molar-refractivity contribution in [2.75, 3.05) is 12.3 Å². The zero-order valence-corrected chi connectivity index (χ0v) is 12.8. The standard InChI is InChI=1S/C15H13Cl2N3O/c1-2-21-14-10(16)5-8(6-11(14)17)15-19-12-4-3-9(18)7-13(12)20-15/h3-7H,2,18H2,1H3,(H,19,20). The summed E-state index contributed by atoms with van der Waals surface area (Å²) in [5, 5.41) is 0.915. The van der Waals surface area contributed by atoms with E-state index in [1.165, 1.54) is 0 Å². The predicted octanol–water partition coefficient (Wildman–Crippen LogP) is 4.52. The first-order valence-corrected chi connectivity index (χ1v) is 7.21. The summed E-state index contributed by atoms with van der Waals surface area (Å²) >= 11 is 12.4. The Kier molecular flexibility index (Phi) is 3.66. The first-order valence-electron chi connectivity index (χ1n) is 6.46. The first-order chi connectivity index (χ1) is 10.1. The minimum Gasteiger partial charge on any atom is -0.491 e. The highest BCUT2D eigenvalue weighted by molar-refractivity contribution is 6.37. The number of nitrogens with two attached hydrogens (primary N) is 1. The van der Waals surface area contributed by atoms with Crippen molar-refractivity contribution in [3.8, 4) is 17.1 Å². The van der Waals surface area contributed by atoms with Gasteiger partial charge in [-0.1, -0.05) is 23.2 Å². The summed E-state index contributed by atoms with van der Waals surface area (Å²) < 4.78 is 5.42. The van der Waals surface area contributed by atoms with Gasteiger partial charge in [-0.25, -0.2) is 4.98 Å². The zero-order chi connectivity index (χ0) is 15.0. The summed E-state index contributed by atoms with van der Waals surface area (Å²) in [5.74, 6) is 1.17. The summed E-state index contributed by atoms with van der Waals surface area (Å²) in [6.45, 7) is 2.38. The smallest absolute Gasteiger partial charge is 0.156 e. The molecule has 3 aromatic rings. The molecule has 0 aliphatic carbocycles. The minimum absolute atomic E-state index is 0.458. The number of benzene rings is 2. The van der Waals surface area contributed by atoms with Crippen molar-refractivity contribution < 1.29 is 4.74 Å². The Morgan fingerprint density at radius 2 is 1.90 bits per heavy atom. The molecule has 108 valence electrons. The molecule has 0 saturated heterocycles. The van der Waals surface area contributed by atoms with Gasteiger partial charge in [0.1, 0.15) is 5.82 Å². The van der Waals surface area contributed by atoms with Gasteiger partial charge in [-0.15, -0.1) is 0 Å². The fourth-order valence-electron chi connectivity index (χ4n) is 2.14. The topological polar surface area (TPSA) is 63.9 Å². The first kappa shape index (κ1) is 14.0. The highest BCUT2D eigenvalue weighted by Crippen LogP contribution is 2.37. The SMILES string of the molecule is CCOc1c(Cl)cc(-c2nc3ccc(N)cc3[nH]2)cc1Cl. The average Bonchev–Trinajstić information content (AvgIpc) is 2.85. The number of anilines is 1. The van der Waals surface area contributed by atoms with Crippen LogP contribution in [0.2, 0.25) is 10.0 Å². The van der Waals surface area contributed by atoms with E-state index in [0.717, 1.165) is 16.6 Å². The Morgan fingerprint density at radius 3 is 2.57 bits per heavy atom. The highest BCUT2D eigenvalue weighted by atomic mass is 35.5. The maximum atomic E-state index is 6.22. The van der Waals surface area contributed by atoms with E-state index < -0.39 is 0 Å². The predicted molar refractivity (Wildman–Crippen MR) is 87.1 cm³/mol. The number of nitrogen functional groups attached to an aromatic ring is 1. The average molecular weight is 322 g/mol. The number of rotatable bonds is 3. The van der Waals surface area contributed by atoms with Crippen LogP contribution in [0.1, 0.15) is 6.92 Å². The molecule has 0 bridgehead atoms. The Hall–Kier alpha value is -1.91. The van der Waals surface area contributed by atoms with Gasteiger partial charge in [-0.2, -0.15) is 0 Å². The van der Waals surface area contributed by atoms with Gasteiger partial charge in [-0.3, -0.25) is 0 Å². The summed E-state index contributed by atoms with van der Waals surface area (Å²) in [7, 11) is 0. The largest absolute Gasteiger partial charge is 0.491 e. The molecule has 0 radical (unpaired) electrons. The lowest BCUT2D eigenvalue weighted by Gasteiger charge is -2.09. The van der Waals surface area contributed by atoms with Gasteiger partial charge in [0.2, 0.25) is 0 Å². The molecule has 3 rings (SSSR count). The molecule has 3 N–H and O–H groups in total. The van der Waals surface area contributed by atoms with Crippen LogP contribution in [-0.2, 0) is 0 Å². The monoisotopic (exact) mass is 321 g/mol. The van der Waals surface area contributed by atoms with E-state index in [1.54, 1.807) is 12.1 Å². The zero-order valence-electron chi connectivity index (χ0n) is 11.3. The number of halogens is 2. The lowest BCUT2D eigenvalue weighted by atomic mass is 10.2. The van der Waals surface area contributed by atoms with Crippen molar-refractivity contribution in [3.05, 3.63) is 40.4 Å². The quantitative estimate of drug-likeness (QED) is 0.697. The molecule has 0 fully saturated rings. The van der Waals surface area contributed by atoms with Crippen LogP contribution in [0.15, 0.2) is 30.3 Å². The third-order valence-electron chi connectivity index (χ3n) is 3.07. The number of aromatic nitrogens is 2. The number of aromatic amines is 1. The van der Waals surface area contributed by atoms with Crippen molar-refractivity contribution in [1.29, 1.82) is 0 Å². The van der Waals surface area contributed by atoms with Gasteiger partial charge in [0.25, 0.3) is 0 Å². The Labute approximate surface area is 131 Å². The molecule has 6 heteroatoms. The van der Waals surface area contributed by atoms with Crippen LogP contribution >= 0.6 is 23.2 Å². The number of ether oxygens (including phenoxy) is 1. The molecule has 0 saturated carbocycles. The highest BCUT2D eigenvalue weighted by Gasteiger charge is 2.13. The van der Waals surface area contributed by atoms with Crippen molar-refractivity contribution in [2.24, 2.45) is 0 Å². The molecular formula is C15H13Cl2N3O. The van der Waals surface area contributed by atoms with Crippen LogP contribution in [0.4, 0.5) is 5.69 Å². The van der Waals surface area contributed by atoms with E-state index in [2.05, 4.69) is 9.97 Å². The van der Waals surface area contributed by atoms with Crippen LogP contribution in [0.3, 0.4) is 0 Å². The van der Waals surface area contributed by atoms with E-state index in [4.69, 9.17) is 33.7 Å². The normalized spacial score (nSPS) is 11.0. The molecule has 0 aliphatic heterocycles. The Balaban J connectivity index is 2.10. The number of H-pyrrole nitrogens is 1. The molecule has 1 heterocycles. The second-order valence-corrected chi connectivity index (χ2v) is 5.38. The lowest BCUT2D eigenvalue weighted by molar-refractivity contribution is 0.340. The Bertz CT molecular complexity index is 791. The van der Waals surface area contributed by atoms with Gasteiger partial charge >= 0.3 is 0 Å². The summed E-state index contributed by atoms with van der Waals surface area (Å²) in [6.07, 6.45) is 0. The Morgan fingerprint density at radius 1 is 1.19 bits per heavy atom. The summed E-state index contributed by atoms with van der Waals surface area (Å²) in [4.78, 5) is 7.72. The van der Waals surface area contributed by atoms with Crippen LogP contribution in [0.5, 0.6) is 5.75 Å². The third-order valence-corrected chi connectivity index (χ3v) is 3.63. The maximum absolute atomic E-state index is 6.22. The van der Waals surface area contributed by atoms with Crippen LogP contribution in [0, 0.1) is 0 Å². The van der Waals surface area contributed by atoms with Crippen molar-refractivity contribution in [3.63, 3.8) is 0 Å². The molecule has 0 atom stereocenters. The molecule has 21 heavy (non-hydrogen) atoms. The molecular weight excluding hydrogens is 309 g/mol. The number of nitrogens with zero attached hydrogens (tertiary/aromatic N) is 1. The van der Waals surface area contributed by atoms with Gasteiger partial charge in [0.05, 0.1) is 27.7 Å². The van der Waals surface area contributed by atoms with Gasteiger partial charge < -0.3 is 15.5 Å². The molecule has 2 aromatic carbocycles. The van der Waals surface area contributed by atoms with Crippen LogP contribution in [0.25, 0.3) is 22.4 Å². The van der Waals surface area contributed by atoms with E-state index in [0.29, 0.717) is 33.9 Å². The van der Waals surface area contributed by atoms with E-state index in [9.17, 15) is 0 Å². The molecule has 1 aromatic heterocycles. The van der Waals surface area contributed by atoms with Gasteiger partial charge in [-0.05, 0) is 37.3 Å². The van der Waals surface area contributed by atoms with Crippen molar-refractivity contribution in [2.45, 2.75) is 6.92 Å². The lowest BCUT2D eigenvalue weighted by Crippen LogP contribution is -1.94. The second-order valence-electron chi connectivity index (χ2n) is 4.56. The van der Waals surface area contributed by atoms with Gasteiger partial charge in [0.15, 0.2) is 5.75 Å². The second kappa shape index (κ2) is 5.47. The molecule has 0 unspecified atom stereocenters. The van der Waals surface area contributed by atoms with Crippen LogP contribution < -0.4 is 10.5 Å². The summed E-state index contributed by atoms with van der Waals surface area (Å²) in [5.41, 5.74) is 8.94. The van der Waals surface area contributed by atoms with Crippen LogP contribution in [-0.4, -0.2) is 16.6 Å². The number of hydrogen-bond donors (Lipinski definition) is 2.